The summed E-state index contributed by atoms with van der Waals surface area (Å²) in [5.41, 5.74) is 6.36. The minimum Gasteiger partial charge on any atom is -0.384 e. The maximum Gasteiger partial charge on any atom is 0.140 e. The number of nitrogen functional groups attached to an aromatic ring is 1. The quantitative estimate of drug-likeness (QED) is 0.708. The number of pyridine rings is 1. The SMILES string of the molecule is Nc1ccc2cc(I)[nH]c2n1. The Hall–Kier alpha value is -0.780. The van der Waals surface area contributed by atoms with Crippen LogP contribution in [-0.2, 0) is 0 Å². The minimum atomic E-state index is 0.552. The fourth-order valence-electron chi connectivity index (χ4n) is 0.987. The molecule has 2 aromatic rings. The molecule has 2 heterocycles. The van der Waals surface area contributed by atoms with E-state index >= 15 is 0 Å². The number of halogens is 1. The smallest absolute Gasteiger partial charge is 0.140 e. The number of aromatic amines is 1. The molecule has 3 N–H and O–H groups in total. The van der Waals surface area contributed by atoms with Crippen molar-refractivity contribution in [1.29, 1.82) is 0 Å². The Kier molecular flexibility index (Phi) is 1.49. The molecule has 0 aliphatic rings. The lowest BCUT2D eigenvalue weighted by Gasteiger charge is -1.89. The molecule has 0 spiro atoms. The molecule has 2 aromatic heterocycles. The van der Waals surface area contributed by atoms with Crippen LogP contribution in [0.1, 0.15) is 0 Å². The van der Waals surface area contributed by atoms with E-state index in [1.54, 1.807) is 6.07 Å². The van der Waals surface area contributed by atoms with Crippen molar-refractivity contribution in [1.82, 2.24) is 9.97 Å². The zero-order valence-electron chi connectivity index (χ0n) is 5.63. The summed E-state index contributed by atoms with van der Waals surface area (Å²) in [6.45, 7) is 0. The van der Waals surface area contributed by atoms with Crippen molar-refractivity contribution in [3.05, 3.63) is 21.9 Å². The molecule has 0 saturated carbocycles. The Balaban J connectivity index is 2.82. The number of H-pyrrole nitrogens is 1. The Labute approximate surface area is 77.1 Å². The highest BCUT2D eigenvalue weighted by molar-refractivity contribution is 14.1. The molecule has 0 amide bonds. The molecule has 0 unspecified atom stereocenters. The maximum atomic E-state index is 5.50. The molecule has 2 rings (SSSR count). The van der Waals surface area contributed by atoms with Crippen LogP contribution in [0, 0.1) is 3.70 Å². The van der Waals surface area contributed by atoms with E-state index < -0.39 is 0 Å². The highest BCUT2D eigenvalue weighted by Crippen LogP contribution is 2.15. The molecular formula is C7H6IN3. The van der Waals surface area contributed by atoms with Gasteiger partial charge >= 0.3 is 0 Å². The standard InChI is InChI=1S/C7H6IN3/c8-5-3-4-1-2-6(9)11-7(4)10-5/h1-3H,(H3,9,10,11). The van der Waals surface area contributed by atoms with Gasteiger partial charge in [0.25, 0.3) is 0 Å². The van der Waals surface area contributed by atoms with Crippen LogP contribution in [0.3, 0.4) is 0 Å². The number of fused-ring (bicyclic) bond motifs is 1. The number of aromatic nitrogens is 2. The van der Waals surface area contributed by atoms with Gasteiger partial charge in [0.1, 0.15) is 11.5 Å². The summed E-state index contributed by atoms with van der Waals surface area (Å²) < 4.78 is 1.08. The second-order valence-corrected chi connectivity index (χ2v) is 3.45. The monoisotopic (exact) mass is 259 g/mol. The molecule has 0 aliphatic carbocycles. The van der Waals surface area contributed by atoms with E-state index in [2.05, 4.69) is 32.6 Å². The van der Waals surface area contributed by atoms with Gasteiger partial charge in [-0.15, -0.1) is 0 Å². The Morgan fingerprint density at radius 2 is 2.27 bits per heavy atom. The van der Waals surface area contributed by atoms with Crippen LogP contribution >= 0.6 is 22.6 Å². The summed E-state index contributed by atoms with van der Waals surface area (Å²) in [5.74, 6) is 0.552. The summed E-state index contributed by atoms with van der Waals surface area (Å²) >= 11 is 2.21. The first-order valence-electron chi connectivity index (χ1n) is 3.16. The average molecular weight is 259 g/mol. The lowest BCUT2D eigenvalue weighted by molar-refractivity contribution is 1.31. The molecule has 3 nitrogen and oxygen atoms in total. The number of nitrogens with zero attached hydrogens (tertiary/aromatic N) is 1. The van der Waals surface area contributed by atoms with E-state index in [1.807, 2.05) is 12.1 Å². The molecule has 4 heteroatoms. The van der Waals surface area contributed by atoms with E-state index in [-0.39, 0.29) is 0 Å². The highest BCUT2D eigenvalue weighted by Gasteiger charge is 1.98. The Bertz CT molecular complexity index is 393. The Morgan fingerprint density at radius 3 is 3.09 bits per heavy atom. The predicted molar refractivity (Wildman–Crippen MR) is 53.2 cm³/mol. The van der Waals surface area contributed by atoms with Crippen LogP contribution in [0.2, 0.25) is 0 Å². The van der Waals surface area contributed by atoms with Gasteiger partial charge in [-0.1, -0.05) is 0 Å². The fraction of sp³-hybridized carbons (Fsp3) is 0. The van der Waals surface area contributed by atoms with Gasteiger partial charge in [0.15, 0.2) is 0 Å². The van der Waals surface area contributed by atoms with Crippen molar-refractivity contribution in [3.8, 4) is 0 Å². The fourth-order valence-corrected chi connectivity index (χ4v) is 1.58. The molecule has 0 aliphatic heterocycles. The number of hydrogen-bond acceptors (Lipinski definition) is 2. The van der Waals surface area contributed by atoms with Crippen LogP contribution in [0.5, 0.6) is 0 Å². The molecule has 0 radical (unpaired) electrons. The maximum absolute atomic E-state index is 5.50. The van der Waals surface area contributed by atoms with Crippen molar-refractivity contribution >= 4 is 39.4 Å². The third-order valence-corrected chi connectivity index (χ3v) is 2.05. The van der Waals surface area contributed by atoms with Crippen molar-refractivity contribution in [2.75, 3.05) is 5.73 Å². The van der Waals surface area contributed by atoms with Crippen LogP contribution < -0.4 is 5.73 Å². The van der Waals surface area contributed by atoms with E-state index in [4.69, 9.17) is 5.73 Å². The van der Waals surface area contributed by atoms with Gasteiger partial charge in [0, 0.05) is 5.39 Å². The van der Waals surface area contributed by atoms with E-state index in [9.17, 15) is 0 Å². The van der Waals surface area contributed by atoms with Gasteiger partial charge in [-0.2, -0.15) is 0 Å². The lowest BCUT2D eigenvalue weighted by atomic mass is 10.3. The van der Waals surface area contributed by atoms with E-state index in [0.717, 1.165) is 14.7 Å². The van der Waals surface area contributed by atoms with Crippen molar-refractivity contribution < 1.29 is 0 Å². The third kappa shape index (κ3) is 1.18. The normalized spacial score (nSPS) is 10.6. The number of anilines is 1. The molecule has 0 aromatic carbocycles. The van der Waals surface area contributed by atoms with Crippen LogP contribution in [0.25, 0.3) is 11.0 Å². The zero-order chi connectivity index (χ0) is 7.84. The van der Waals surface area contributed by atoms with Gasteiger partial charge < -0.3 is 10.7 Å². The summed E-state index contributed by atoms with van der Waals surface area (Å²) in [6, 6.07) is 5.78. The van der Waals surface area contributed by atoms with Gasteiger partial charge in [0.05, 0.1) is 3.70 Å². The van der Waals surface area contributed by atoms with Crippen molar-refractivity contribution in [2.24, 2.45) is 0 Å². The molecule has 0 atom stereocenters. The number of rotatable bonds is 0. The predicted octanol–water partition coefficient (Wildman–Crippen LogP) is 1.75. The zero-order valence-corrected chi connectivity index (χ0v) is 7.79. The first-order chi connectivity index (χ1) is 5.25. The van der Waals surface area contributed by atoms with Gasteiger partial charge in [-0.25, -0.2) is 4.98 Å². The molecule has 0 saturated heterocycles. The number of nitrogens with one attached hydrogen (secondary N) is 1. The van der Waals surface area contributed by atoms with Gasteiger partial charge in [-0.3, -0.25) is 0 Å². The molecule has 56 valence electrons. The van der Waals surface area contributed by atoms with Crippen LogP contribution in [0.4, 0.5) is 5.82 Å². The summed E-state index contributed by atoms with van der Waals surface area (Å²) in [5, 5.41) is 1.10. The van der Waals surface area contributed by atoms with Gasteiger partial charge in [-0.05, 0) is 40.8 Å². The minimum absolute atomic E-state index is 0.552. The summed E-state index contributed by atoms with van der Waals surface area (Å²) in [7, 11) is 0. The van der Waals surface area contributed by atoms with Gasteiger partial charge in [0.2, 0.25) is 0 Å². The first kappa shape index (κ1) is 6.90. The highest BCUT2D eigenvalue weighted by atomic mass is 127. The van der Waals surface area contributed by atoms with E-state index in [1.165, 1.54) is 0 Å². The summed E-state index contributed by atoms with van der Waals surface area (Å²) in [6.07, 6.45) is 0. The average Bonchev–Trinajstić information content (AvgIpc) is 2.27. The third-order valence-electron chi connectivity index (χ3n) is 1.47. The van der Waals surface area contributed by atoms with Crippen molar-refractivity contribution in [3.63, 3.8) is 0 Å². The number of hydrogen-bond donors (Lipinski definition) is 2. The molecule has 0 bridgehead atoms. The van der Waals surface area contributed by atoms with Crippen molar-refractivity contribution in [2.45, 2.75) is 0 Å². The van der Waals surface area contributed by atoms with Crippen LogP contribution in [0.15, 0.2) is 18.2 Å². The van der Waals surface area contributed by atoms with Crippen LogP contribution in [-0.4, -0.2) is 9.97 Å². The molecular weight excluding hydrogens is 253 g/mol. The second kappa shape index (κ2) is 2.37. The molecule has 0 fully saturated rings. The lowest BCUT2D eigenvalue weighted by Crippen LogP contribution is -1.88. The molecule has 11 heavy (non-hydrogen) atoms. The second-order valence-electron chi connectivity index (χ2n) is 2.29. The number of nitrogens with two attached hydrogens (primary N) is 1. The first-order valence-corrected chi connectivity index (χ1v) is 4.24. The topological polar surface area (TPSA) is 54.7 Å². The summed E-state index contributed by atoms with van der Waals surface area (Å²) in [4.78, 5) is 7.21. The largest absolute Gasteiger partial charge is 0.384 e. The van der Waals surface area contributed by atoms with E-state index in [0.29, 0.717) is 5.82 Å². The Morgan fingerprint density at radius 1 is 1.45 bits per heavy atom.